The summed E-state index contributed by atoms with van der Waals surface area (Å²) in [5, 5.41) is 7.86. The summed E-state index contributed by atoms with van der Waals surface area (Å²) in [6.07, 6.45) is 0.968. The number of nitrogens with zero attached hydrogens (tertiary/aromatic N) is 2. The molecule has 0 spiro atoms. The van der Waals surface area contributed by atoms with Gasteiger partial charge in [-0.05, 0) is 32.5 Å². The Kier molecular flexibility index (Phi) is 4.15. The van der Waals surface area contributed by atoms with Crippen LogP contribution in [0, 0.1) is 0 Å². The summed E-state index contributed by atoms with van der Waals surface area (Å²) in [6, 6.07) is 13.0. The minimum atomic E-state index is 0.378. The third kappa shape index (κ3) is 2.79. The molecule has 1 heterocycles. The molecule has 0 atom stereocenters. The summed E-state index contributed by atoms with van der Waals surface area (Å²) < 4.78 is 2.11. The first-order valence-corrected chi connectivity index (χ1v) is 6.51. The van der Waals surface area contributed by atoms with Crippen LogP contribution < -0.4 is 5.32 Å². The van der Waals surface area contributed by atoms with E-state index < -0.39 is 0 Å². The molecule has 0 amide bonds. The molecule has 0 radical (unpaired) electrons. The number of rotatable bonds is 5. The molecule has 3 nitrogen and oxygen atoms in total. The first-order valence-electron chi connectivity index (χ1n) is 6.51. The molecule has 0 aliphatic carbocycles. The van der Waals surface area contributed by atoms with Gasteiger partial charge < -0.3 is 5.32 Å². The van der Waals surface area contributed by atoms with Crippen LogP contribution in [-0.2, 0) is 6.42 Å². The third-order valence-corrected chi connectivity index (χ3v) is 2.98. The van der Waals surface area contributed by atoms with Gasteiger partial charge >= 0.3 is 0 Å². The van der Waals surface area contributed by atoms with Crippen LogP contribution in [0.25, 0.3) is 11.3 Å². The van der Waals surface area contributed by atoms with E-state index in [1.165, 1.54) is 11.3 Å². The van der Waals surface area contributed by atoms with Crippen molar-refractivity contribution < 1.29 is 0 Å². The van der Waals surface area contributed by atoms with Gasteiger partial charge in [-0.2, -0.15) is 5.10 Å². The Bertz CT molecular complexity index is 486. The van der Waals surface area contributed by atoms with E-state index in [1.54, 1.807) is 0 Å². The van der Waals surface area contributed by atoms with Crippen molar-refractivity contribution >= 4 is 0 Å². The minimum absolute atomic E-state index is 0.378. The van der Waals surface area contributed by atoms with Crippen molar-refractivity contribution in [1.29, 1.82) is 0 Å². The Morgan fingerprint density at radius 1 is 1.22 bits per heavy atom. The SMILES string of the molecule is CNCCc1cc(-c2ccccc2)n(C(C)C)n1. The molecule has 2 aromatic rings. The predicted octanol–water partition coefficient (Wildman–Crippen LogP) is 2.89. The highest BCUT2D eigenvalue weighted by Gasteiger charge is 2.11. The van der Waals surface area contributed by atoms with Crippen molar-refractivity contribution in [2.24, 2.45) is 0 Å². The van der Waals surface area contributed by atoms with Crippen LogP contribution in [0.4, 0.5) is 0 Å². The molecule has 0 unspecified atom stereocenters. The monoisotopic (exact) mass is 243 g/mol. The van der Waals surface area contributed by atoms with Gasteiger partial charge in [0.2, 0.25) is 0 Å². The predicted molar refractivity (Wildman–Crippen MR) is 75.7 cm³/mol. The molecule has 1 aromatic carbocycles. The molecule has 1 aromatic heterocycles. The fourth-order valence-electron chi connectivity index (χ4n) is 2.04. The van der Waals surface area contributed by atoms with E-state index in [-0.39, 0.29) is 0 Å². The van der Waals surface area contributed by atoms with E-state index >= 15 is 0 Å². The number of aromatic nitrogens is 2. The molecule has 2 rings (SSSR count). The van der Waals surface area contributed by atoms with Gasteiger partial charge in [0.15, 0.2) is 0 Å². The molecule has 0 saturated heterocycles. The lowest BCUT2D eigenvalue weighted by molar-refractivity contribution is 0.531. The smallest absolute Gasteiger partial charge is 0.0688 e. The third-order valence-electron chi connectivity index (χ3n) is 2.98. The van der Waals surface area contributed by atoms with E-state index in [2.05, 4.69) is 54.2 Å². The van der Waals surface area contributed by atoms with E-state index in [0.717, 1.165) is 18.7 Å². The second-order valence-corrected chi connectivity index (χ2v) is 4.78. The molecule has 0 fully saturated rings. The zero-order valence-corrected chi connectivity index (χ0v) is 11.4. The lowest BCUT2D eigenvalue weighted by Gasteiger charge is -2.10. The van der Waals surface area contributed by atoms with Gasteiger partial charge in [-0.3, -0.25) is 4.68 Å². The fraction of sp³-hybridized carbons (Fsp3) is 0.400. The van der Waals surface area contributed by atoms with E-state index in [0.29, 0.717) is 6.04 Å². The summed E-state index contributed by atoms with van der Waals surface area (Å²) in [4.78, 5) is 0. The largest absolute Gasteiger partial charge is 0.319 e. The lowest BCUT2D eigenvalue weighted by atomic mass is 10.1. The Balaban J connectivity index is 2.36. The second kappa shape index (κ2) is 5.83. The number of nitrogens with one attached hydrogen (secondary N) is 1. The molecule has 0 aliphatic rings. The Labute approximate surface area is 109 Å². The topological polar surface area (TPSA) is 29.9 Å². The van der Waals surface area contributed by atoms with Crippen molar-refractivity contribution in [3.05, 3.63) is 42.1 Å². The van der Waals surface area contributed by atoms with E-state index in [1.807, 2.05) is 13.1 Å². The van der Waals surface area contributed by atoms with Crippen molar-refractivity contribution in [3.63, 3.8) is 0 Å². The highest BCUT2D eigenvalue weighted by atomic mass is 15.3. The van der Waals surface area contributed by atoms with Crippen molar-refractivity contribution in [2.45, 2.75) is 26.3 Å². The van der Waals surface area contributed by atoms with Gasteiger partial charge in [0, 0.05) is 19.0 Å². The average molecular weight is 243 g/mol. The van der Waals surface area contributed by atoms with Gasteiger partial charge in [0.1, 0.15) is 0 Å². The maximum absolute atomic E-state index is 4.70. The molecule has 1 N–H and O–H groups in total. The first kappa shape index (κ1) is 12.8. The average Bonchev–Trinajstić information content (AvgIpc) is 2.82. The van der Waals surface area contributed by atoms with Crippen molar-refractivity contribution in [2.75, 3.05) is 13.6 Å². The molecule has 18 heavy (non-hydrogen) atoms. The molecule has 0 bridgehead atoms. The van der Waals surface area contributed by atoms with Crippen LogP contribution in [0.5, 0.6) is 0 Å². The zero-order valence-electron chi connectivity index (χ0n) is 11.4. The fourth-order valence-corrected chi connectivity index (χ4v) is 2.04. The van der Waals surface area contributed by atoms with Crippen molar-refractivity contribution in [1.82, 2.24) is 15.1 Å². The van der Waals surface area contributed by atoms with Crippen LogP contribution in [0.2, 0.25) is 0 Å². The maximum atomic E-state index is 4.70. The zero-order chi connectivity index (χ0) is 13.0. The van der Waals surface area contributed by atoms with Crippen LogP contribution in [0.1, 0.15) is 25.6 Å². The van der Waals surface area contributed by atoms with E-state index in [4.69, 9.17) is 5.10 Å². The molecular formula is C15H21N3. The van der Waals surface area contributed by atoms with Gasteiger partial charge in [0.05, 0.1) is 11.4 Å². The van der Waals surface area contributed by atoms with E-state index in [9.17, 15) is 0 Å². The van der Waals surface area contributed by atoms with Crippen LogP contribution in [0.3, 0.4) is 0 Å². The van der Waals surface area contributed by atoms with Gasteiger partial charge in [-0.25, -0.2) is 0 Å². The molecule has 96 valence electrons. The molecule has 0 aliphatic heterocycles. The standard InChI is InChI=1S/C15H21N3/c1-12(2)18-15(13-7-5-4-6-8-13)11-14(17-18)9-10-16-3/h4-8,11-12,16H,9-10H2,1-3H3. The van der Waals surface area contributed by atoms with Crippen molar-refractivity contribution in [3.8, 4) is 11.3 Å². The van der Waals surface area contributed by atoms with Gasteiger partial charge in [0.25, 0.3) is 0 Å². The van der Waals surface area contributed by atoms with Gasteiger partial charge in [-0.1, -0.05) is 30.3 Å². The maximum Gasteiger partial charge on any atom is 0.0688 e. The summed E-state index contributed by atoms with van der Waals surface area (Å²) in [7, 11) is 1.97. The van der Waals surface area contributed by atoms with Crippen LogP contribution in [0.15, 0.2) is 36.4 Å². The lowest BCUT2D eigenvalue weighted by Crippen LogP contribution is -2.11. The number of hydrogen-bond donors (Lipinski definition) is 1. The molecular weight excluding hydrogens is 222 g/mol. The summed E-state index contributed by atoms with van der Waals surface area (Å²) >= 11 is 0. The number of benzene rings is 1. The highest BCUT2D eigenvalue weighted by molar-refractivity contribution is 5.60. The number of likely N-dealkylation sites (N-methyl/N-ethyl adjacent to an activating group) is 1. The summed E-state index contributed by atoms with van der Waals surface area (Å²) in [6.45, 7) is 5.30. The first-order chi connectivity index (χ1) is 8.72. The summed E-state index contributed by atoms with van der Waals surface area (Å²) in [5.41, 5.74) is 3.59. The number of hydrogen-bond acceptors (Lipinski definition) is 2. The second-order valence-electron chi connectivity index (χ2n) is 4.78. The molecule has 3 heteroatoms. The summed E-state index contributed by atoms with van der Waals surface area (Å²) in [5.74, 6) is 0. The Morgan fingerprint density at radius 2 is 1.94 bits per heavy atom. The Morgan fingerprint density at radius 3 is 2.56 bits per heavy atom. The van der Waals surface area contributed by atoms with Gasteiger partial charge in [-0.15, -0.1) is 0 Å². The quantitative estimate of drug-likeness (QED) is 0.875. The Hall–Kier alpha value is -1.61. The highest BCUT2D eigenvalue weighted by Crippen LogP contribution is 2.23. The minimum Gasteiger partial charge on any atom is -0.319 e. The van der Waals surface area contributed by atoms with Crippen LogP contribution >= 0.6 is 0 Å². The van der Waals surface area contributed by atoms with Crippen LogP contribution in [-0.4, -0.2) is 23.4 Å². The molecule has 0 saturated carbocycles. The normalized spacial score (nSPS) is 11.1.